The Balaban J connectivity index is 1.39. The molecule has 6 aromatic rings. The molecule has 0 aliphatic heterocycles. The van der Waals surface area contributed by atoms with Crippen LogP contribution in [0.3, 0.4) is 0 Å². The average Bonchev–Trinajstić information content (AvgIpc) is 3.75. The predicted molar refractivity (Wildman–Crippen MR) is 189 cm³/mol. The van der Waals surface area contributed by atoms with E-state index in [1.54, 1.807) is 0 Å². The minimum Gasteiger partial charge on any atom is -0.233 e. The van der Waals surface area contributed by atoms with Gasteiger partial charge in [-0.15, -0.1) is 5.10 Å². The number of hydrogen-bond acceptors (Lipinski definition) is 2. The maximum absolute atomic E-state index is 4.98. The van der Waals surface area contributed by atoms with E-state index >= 15 is 0 Å². The summed E-state index contributed by atoms with van der Waals surface area (Å²) in [5, 5.41) is 15.2. The third kappa shape index (κ3) is 5.62. The normalized spacial score (nSPS) is 15.1. The molecule has 3 nitrogen and oxygen atoms in total. The van der Waals surface area contributed by atoms with E-state index in [0.29, 0.717) is 0 Å². The van der Waals surface area contributed by atoms with Crippen LogP contribution in [0.15, 0.2) is 175 Å². The van der Waals surface area contributed by atoms with Crippen LogP contribution in [-0.2, 0) is 0 Å². The minimum absolute atomic E-state index is 0.0280. The second-order valence-corrected chi connectivity index (χ2v) is 15.5. The van der Waals surface area contributed by atoms with Gasteiger partial charge >= 0.3 is 0 Å². The van der Waals surface area contributed by atoms with Gasteiger partial charge in [-0.2, -0.15) is 0 Å². The zero-order chi connectivity index (χ0) is 29.7. The Morgan fingerprint density at radius 2 is 1.05 bits per heavy atom. The molecule has 214 valence electrons. The van der Waals surface area contributed by atoms with Crippen molar-refractivity contribution in [2.75, 3.05) is 0 Å². The fourth-order valence-corrected chi connectivity index (χ4v) is 11.2. The van der Waals surface area contributed by atoms with E-state index in [-0.39, 0.29) is 11.7 Å². The lowest BCUT2D eigenvalue weighted by molar-refractivity contribution is 0.586. The van der Waals surface area contributed by atoms with Gasteiger partial charge in [-0.25, -0.2) is 4.68 Å². The van der Waals surface area contributed by atoms with Gasteiger partial charge in [0, 0.05) is 19.1 Å². The maximum atomic E-state index is 4.98. The first-order valence-corrected chi connectivity index (χ1v) is 17.7. The van der Waals surface area contributed by atoms with Crippen molar-refractivity contribution in [2.45, 2.75) is 18.6 Å². The van der Waals surface area contributed by atoms with Crippen LogP contribution in [0.4, 0.5) is 0 Å². The van der Waals surface area contributed by atoms with Crippen molar-refractivity contribution in [3.05, 3.63) is 175 Å². The van der Waals surface area contributed by atoms with Crippen molar-refractivity contribution in [1.82, 2.24) is 15.0 Å². The second-order valence-electron chi connectivity index (χ2n) is 10.8. The van der Waals surface area contributed by atoms with Gasteiger partial charge in [0.1, 0.15) is 5.69 Å². The number of allylic oxidation sites excluding steroid dienone is 4. The summed E-state index contributed by atoms with van der Waals surface area (Å²) in [5.41, 5.74) is 4.86. The van der Waals surface area contributed by atoms with Crippen molar-refractivity contribution in [3.63, 3.8) is 0 Å². The topological polar surface area (TPSA) is 30.7 Å². The molecule has 0 amide bonds. The van der Waals surface area contributed by atoms with Crippen LogP contribution in [0.5, 0.6) is 0 Å². The molecule has 0 saturated heterocycles. The summed E-state index contributed by atoms with van der Waals surface area (Å²) >= 11 is 0. The molecular weight excluding hydrogens is 572 g/mol. The highest BCUT2D eigenvalue weighted by Crippen LogP contribution is 2.47. The Kier molecular flexibility index (Phi) is 8.42. The molecular formula is C39H33N3P2. The van der Waals surface area contributed by atoms with Crippen molar-refractivity contribution in [1.29, 1.82) is 0 Å². The van der Waals surface area contributed by atoms with Gasteiger partial charge in [0.25, 0.3) is 0 Å². The third-order valence-electron chi connectivity index (χ3n) is 8.08. The van der Waals surface area contributed by atoms with E-state index in [4.69, 9.17) is 10.3 Å². The molecule has 1 unspecified atom stereocenters. The molecule has 0 radical (unpaired) electrons. The molecule has 1 heterocycles. The molecule has 0 bridgehead atoms. The van der Waals surface area contributed by atoms with E-state index in [9.17, 15) is 0 Å². The van der Waals surface area contributed by atoms with Gasteiger partial charge in [-0.05, 0) is 34.7 Å². The van der Waals surface area contributed by atoms with Crippen molar-refractivity contribution in [2.24, 2.45) is 0 Å². The molecule has 5 heteroatoms. The summed E-state index contributed by atoms with van der Waals surface area (Å²) in [6, 6.07) is 54.2. The van der Waals surface area contributed by atoms with Gasteiger partial charge in [0.15, 0.2) is 0 Å². The SMILES string of the molecule is C[C@H](C1=CC=CC1n1nnc(-c2ccccc2)c1P(c1ccccc1)c1ccccc1)P(c1ccccc1)c1ccccc1. The molecule has 0 spiro atoms. The van der Waals surface area contributed by atoms with Crippen LogP contribution in [0.2, 0.25) is 0 Å². The Hall–Kier alpha value is -4.42. The largest absolute Gasteiger partial charge is 0.233 e. The fraction of sp³-hybridized carbons (Fsp3) is 0.0769. The number of aromatic nitrogens is 3. The molecule has 0 saturated carbocycles. The standard InChI is InChI=1S/C39H33N3P2/c1-30(43(32-20-9-3-10-21-32)33-22-11-4-12-23-33)36-28-17-29-37(36)42-39(38(40-41-42)31-18-7-2-8-19-31)44(34-24-13-5-14-25-34)35-26-15-6-16-27-35/h2-30,37H,1H3/t30-,37?/m1/s1. The molecule has 0 fully saturated rings. The van der Waals surface area contributed by atoms with Crippen LogP contribution < -0.4 is 26.7 Å². The fourth-order valence-electron chi connectivity index (χ4n) is 6.03. The molecule has 1 aliphatic carbocycles. The summed E-state index contributed by atoms with van der Waals surface area (Å²) in [6.45, 7) is 2.39. The van der Waals surface area contributed by atoms with Crippen molar-refractivity contribution >= 4 is 42.5 Å². The van der Waals surface area contributed by atoms with Crippen LogP contribution >= 0.6 is 15.8 Å². The summed E-state index contributed by atoms with van der Waals surface area (Å²) in [6.07, 6.45) is 6.82. The molecule has 0 N–H and O–H groups in total. The molecule has 2 atom stereocenters. The Labute approximate surface area is 262 Å². The summed E-state index contributed by atoms with van der Waals surface area (Å²) < 4.78 is 2.23. The third-order valence-corrected chi connectivity index (χ3v) is 13.3. The summed E-state index contributed by atoms with van der Waals surface area (Å²) in [4.78, 5) is 0. The molecule has 5 aromatic carbocycles. The van der Waals surface area contributed by atoms with Crippen LogP contribution in [0.25, 0.3) is 11.3 Å². The van der Waals surface area contributed by atoms with Gasteiger partial charge in [0.2, 0.25) is 0 Å². The lowest BCUT2D eigenvalue weighted by atomic mass is 10.1. The molecule has 1 aromatic heterocycles. The minimum atomic E-state index is -0.949. The lowest BCUT2D eigenvalue weighted by Crippen LogP contribution is -2.32. The first-order chi connectivity index (χ1) is 21.8. The first kappa shape index (κ1) is 28.4. The molecule has 1 aliphatic rings. The van der Waals surface area contributed by atoms with Crippen LogP contribution in [0, 0.1) is 0 Å². The predicted octanol–water partition coefficient (Wildman–Crippen LogP) is 7.26. The van der Waals surface area contributed by atoms with Crippen LogP contribution in [0.1, 0.15) is 13.0 Å². The van der Waals surface area contributed by atoms with E-state index < -0.39 is 15.8 Å². The zero-order valence-corrected chi connectivity index (χ0v) is 26.3. The zero-order valence-electron chi connectivity index (χ0n) is 24.6. The lowest BCUT2D eigenvalue weighted by Gasteiger charge is -2.31. The molecule has 44 heavy (non-hydrogen) atoms. The highest BCUT2D eigenvalue weighted by Gasteiger charge is 2.34. The Morgan fingerprint density at radius 1 is 0.591 bits per heavy atom. The number of hydrogen-bond donors (Lipinski definition) is 0. The van der Waals surface area contributed by atoms with E-state index in [0.717, 1.165) is 11.3 Å². The van der Waals surface area contributed by atoms with Gasteiger partial charge < -0.3 is 0 Å². The van der Waals surface area contributed by atoms with Gasteiger partial charge in [-0.3, -0.25) is 0 Å². The Bertz CT molecular complexity index is 1790. The number of rotatable bonds is 9. The smallest absolute Gasteiger partial charge is 0.121 e. The molecule has 7 rings (SSSR count). The quantitative estimate of drug-likeness (QED) is 0.163. The monoisotopic (exact) mass is 605 g/mol. The summed E-state index contributed by atoms with van der Waals surface area (Å²) in [5.74, 6) is 0. The van der Waals surface area contributed by atoms with E-state index in [2.05, 4.69) is 181 Å². The number of nitrogens with zero attached hydrogens (tertiary/aromatic N) is 3. The summed E-state index contributed by atoms with van der Waals surface area (Å²) in [7, 11) is -1.60. The van der Waals surface area contributed by atoms with Gasteiger partial charge in [-0.1, -0.05) is 182 Å². The van der Waals surface area contributed by atoms with Crippen molar-refractivity contribution < 1.29 is 0 Å². The number of benzene rings is 5. The highest BCUT2D eigenvalue weighted by atomic mass is 31.1. The van der Waals surface area contributed by atoms with E-state index in [1.807, 2.05) is 0 Å². The average molecular weight is 606 g/mol. The Morgan fingerprint density at radius 3 is 1.55 bits per heavy atom. The highest BCUT2D eigenvalue weighted by molar-refractivity contribution is 7.79. The maximum Gasteiger partial charge on any atom is 0.121 e. The van der Waals surface area contributed by atoms with Gasteiger partial charge in [0.05, 0.1) is 11.5 Å². The second kappa shape index (κ2) is 13.1. The first-order valence-electron chi connectivity index (χ1n) is 15.0. The van der Waals surface area contributed by atoms with Crippen molar-refractivity contribution in [3.8, 4) is 11.3 Å². The van der Waals surface area contributed by atoms with E-state index in [1.165, 1.54) is 32.2 Å². The van der Waals surface area contributed by atoms with Crippen LogP contribution in [-0.4, -0.2) is 20.7 Å².